The van der Waals surface area contributed by atoms with Gasteiger partial charge in [-0.3, -0.25) is 9.59 Å². The van der Waals surface area contributed by atoms with Gasteiger partial charge in [-0.15, -0.1) is 0 Å². The van der Waals surface area contributed by atoms with Crippen molar-refractivity contribution in [2.45, 2.75) is 19.8 Å². The van der Waals surface area contributed by atoms with Crippen LogP contribution in [0.4, 0.5) is 11.4 Å². The minimum absolute atomic E-state index is 0.0199. The van der Waals surface area contributed by atoms with E-state index >= 15 is 0 Å². The molecule has 0 aromatic heterocycles. The van der Waals surface area contributed by atoms with Crippen LogP contribution in [-0.4, -0.2) is 18.4 Å². The summed E-state index contributed by atoms with van der Waals surface area (Å²) in [5.41, 5.74) is 1.56. The first-order valence-corrected chi connectivity index (χ1v) is 6.38. The van der Waals surface area contributed by atoms with Crippen molar-refractivity contribution in [2.75, 3.05) is 16.8 Å². The largest absolute Gasteiger partial charge is 0.324 e. The fraction of sp³-hybridized carbons (Fsp3) is 0.429. The third-order valence-corrected chi connectivity index (χ3v) is 3.55. The van der Waals surface area contributed by atoms with Crippen LogP contribution in [0.5, 0.6) is 0 Å². The minimum atomic E-state index is -0.180. The van der Waals surface area contributed by atoms with Crippen molar-refractivity contribution >= 4 is 23.2 Å². The Labute approximate surface area is 106 Å². The van der Waals surface area contributed by atoms with Crippen LogP contribution in [0.2, 0.25) is 0 Å². The number of para-hydroxylation sites is 2. The number of nitrogens with one attached hydrogen (secondary N) is 1. The molecule has 94 valence electrons. The molecule has 1 N–H and O–H groups in total. The lowest BCUT2D eigenvalue weighted by molar-refractivity contribution is -0.120. The van der Waals surface area contributed by atoms with Crippen LogP contribution >= 0.6 is 0 Å². The van der Waals surface area contributed by atoms with Gasteiger partial charge < -0.3 is 10.2 Å². The molecular formula is C14H16N2O2. The molecule has 2 aliphatic rings. The van der Waals surface area contributed by atoms with Crippen LogP contribution in [0.1, 0.15) is 19.8 Å². The zero-order valence-corrected chi connectivity index (χ0v) is 10.3. The van der Waals surface area contributed by atoms with E-state index in [2.05, 4.69) is 5.32 Å². The van der Waals surface area contributed by atoms with Gasteiger partial charge >= 0.3 is 0 Å². The smallest absolute Gasteiger partial charge is 0.230 e. The normalized spacial score (nSPS) is 23.1. The highest BCUT2D eigenvalue weighted by Gasteiger charge is 2.37. The molecule has 1 aliphatic carbocycles. The maximum Gasteiger partial charge on any atom is 0.230 e. The van der Waals surface area contributed by atoms with Crippen molar-refractivity contribution in [3.8, 4) is 0 Å². The fourth-order valence-electron chi connectivity index (χ4n) is 2.29. The van der Waals surface area contributed by atoms with E-state index in [9.17, 15) is 9.59 Å². The first kappa shape index (κ1) is 11.3. The lowest BCUT2D eigenvalue weighted by Crippen LogP contribution is -2.36. The molecule has 0 unspecified atom stereocenters. The average Bonchev–Trinajstić information content (AvgIpc) is 3.19. The number of fused-ring (bicyclic) bond motifs is 1. The molecule has 18 heavy (non-hydrogen) atoms. The summed E-state index contributed by atoms with van der Waals surface area (Å²) >= 11 is 0. The van der Waals surface area contributed by atoms with Gasteiger partial charge in [0.15, 0.2) is 0 Å². The third-order valence-electron chi connectivity index (χ3n) is 3.55. The summed E-state index contributed by atoms with van der Waals surface area (Å²) in [6, 6.07) is 7.51. The Balaban J connectivity index is 2.01. The number of hydrogen-bond donors (Lipinski definition) is 1. The van der Waals surface area contributed by atoms with Gasteiger partial charge in [0.2, 0.25) is 11.8 Å². The van der Waals surface area contributed by atoms with Gasteiger partial charge in [0.05, 0.1) is 17.3 Å². The van der Waals surface area contributed by atoms with Gasteiger partial charge in [-0.05, 0) is 25.0 Å². The molecule has 1 atom stereocenters. The quantitative estimate of drug-likeness (QED) is 0.821. The van der Waals surface area contributed by atoms with Crippen molar-refractivity contribution in [3.05, 3.63) is 24.3 Å². The number of anilines is 2. The average molecular weight is 244 g/mol. The zero-order valence-electron chi connectivity index (χ0n) is 10.3. The van der Waals surface area contributed by atoms with Crippen LogP contribution in [0.3, 0.4) is 0 Å². The summed E-state index contributed by atoms with van der Waals surface area (Å²) in [6.45, 7) is 2.33. The van der Waals surface area contributed by atoms with Crippen molar-refractivity contribution in [1.29, 1.82) is 0 Å². The number of carbonyl (C=O) groups is 2. The van der Waals surface area contributed by atoms with Gasteiger partial charge in [-0.25, -0.2) is 0 Å². The summed E-state index contributed by atoms with van der Waals surface area (Å²) in [4.78, 5) is 26.0. The van der Waals surface area contributed by atoms with E-state index in [-0.39, 0.29) is 23.7 Å². The predicted octanol–water partition coefficient (Wildman–Crippen LogP) is 2.02. The molecule has 2 amide bonds. The topological polar surface area (TPSA) is 49.4 Å². The molecule has 1 fully saturated rings. The van der Waals surface area contributed by atoms with E-state index < -0.39 is 0 Å². The van der Waals surface area contributed by atoms with Gasteiger partial charge in [0.1, 0.15) is 0 Å². The number of rotatable bonds is 1. The molecule has 0 saturated heterocycles. The molecule has 4 heteroatoms. The molecule has 3 rings (SSSR count). The summed E-state index contributed by atoms with van der Waals surface area (Å²) in [6.07, 6.45) is 1.96. The Morgan fingerprint density at radius 1 is 1.33 bits per heavy atom. The lowest BCUT2D eigenvalue weighted by atomic mass is 10.1. The number of hydrogen-bond acceptors (Lipinski definition) is 2. The first-order valence-electron chi connectivity index (χ1n) is 6.38. The molecular weight excluding hydrogens is 228 g/mol. The van der Waals surface area contributed by atoms with Gasteiger partial charge in [0, 0.05) is 12.5 Å². The lowest BCUT2D eigenvalue weighted by Gasteiger charge is -2.23. The Morgan fingerprint density at radius 3 is 2.78 bits per heavy atom. The maximum atomic E-state index is 12.3. The molecule has 1 saturated carbocycles. The SMILES string of the molecule is C[C@H]1CN(C(=O)C2CC2)c2ccccc2NC1=O. The molecule has 1 aliphatic heterocycles. The predicted molar refractivity (Wildman–Crippen MR) is 69.3 cm³/mol. The summed E-state index contributed by atoms with van der Waals surface area (Å²) in [5, 5.41) is 2.88. The van der Waals surface area contributed by atoms with Crippen molar-refractivity contribution < 1.29 is 9.59 Å². The van der Waals surface area contributed by atoms with Gasteiger partial charge in [-0.2, -0.15) is 0 Å². The Kier molecular flexibility index (Phi) is 2.58. The molecule has 0 radical (unpaired) electrons. The highest BCUT2D eigenvalue weighted by Crippen LogP contribution is 2.36. The third kappa shape index (κ3) is 1.88. The van der Waals surface area contributed by atoms with Crippen LogP contribution < -0.4 is 10.2 Å². The molecule has 1 aromatic rings. The standard InChI is InChI=1S/C14H16N2O2/c1-9-8-16(14(18)10-6-7-10)12-5-3-2-4-11(12)15-13(9)17/h2-5,9-10H,6-8H2,1H3,(H,15,17)/t9-/m0/s1. The number of carbonyl (C=O) groups excluding carboxylic acids is 2. The Morgan fingerprint density at radius 2 is 2.06 bits per heavy atom. The van der Waals surface area contributed by atoms with E-state index in [0.717, 1.165) is 24.2 Å². The summed E-state index contributed by atoms with van der Waals surface area (Å²) in [7, 11) is 0. The van der Waals surface area contributed by atoms with Crippen LogP contribution in [0.25, 0.3) is 0 Å². The van der Waals surface area contributed by atoms with E-state index in [1.807, 2.05) is 31.2 Å². The van der Waals surface area contributed by atoms with E-state index in [1.165, 1.54) is 0 Å². The summed E-state index contributed by atoms with van der Waals surface area (Å²) < 4.78 is 0. The molecule has 1 aromatic carbocycles. The van der Waals surface area contributed by atoms with Crippen LogP contribution in [-0.2, 0) is 9.59 Å². The molecule has 4 nitrogen and oxygen atoms in total. The fourth-order valence-corrected chi connectivity index (χ4v) is 2.29. The zero-order chi connectivity index (χ0) is 12.7. The number of nitrogens with zero attached hydrogens (tertiary/aromatic N) is 1. The second-order valence-electron chi connectivity index (χ2n) is 5.13. The van der Waals surface area contributed by atoms with Gasteiger partial charge in [0.25, 0.3) is 0 Å². The second kappa shape index (κ2) is 4.12. The number of benzene rings is 1. The van der Waals surface area contributed by atoms with E-state index in [4.69, 9.17) is 0 Å². The Hall–Kier alpha value is -1.84. The Bertz CT molecular complexity index is 508. The first-order chi connectivity index (χ1) is 8.66. The van der Waals surface area contributed by atoms with Crippen LogP contribution in [0.15, 0.2) is 24.3 Å². The molecule has 0 bridgehead atoms. The van der Waals surface area contributed by atoms with E-state index in [0.29, 0.717) is 6.54 Å². The molecule has 1 heterocycles. The summed E-state index contributed by atoms with van der Waals surface area (Å²) in [5.74, 6) is 0.123. The van der Waals surface area contributed by atoms with Crippen molar-refractivity contribution in [2.24, 2.45) is 11.8 Å². The highest BCUT2D eigenvalue weighted by atomic mass is 16.2. The highest BCUT2D eigenvalue weighted by molar-refractivity contribution is 6.05. The van der Waals surface area contributed by atoms with E-state index in [1.54, 1.807) is 4.90 Å². The maximum absolute atomic E-state index is 12.3. The minimum Gasteiger partial charge on any atom is -0.324 e. The number of amides is 2. The van der Waals surface area contributed by atoms with Gasteiger partial charge in [-0.1, -0.05) is 19.1 Å². The monoisotopic (exact) mass is 244 g/mol. The molecule has 0 spiro atoms. The second-order valence-corrected chi connectivity index (χ2v) is 5.13. The van der Waals surface area contributed by atoms with Crippen LogP contribution in [0, 0.1) is 11.8 Å². The van der Waals surface area contributed by atoms with Crippen molar-refractivity contribution in [3.63, 3.8) is 0 Å². The van der Waals surface area contributed by atoms with Crippen molar-refractivity contribution in [1.82, 2.24) is 0 Å².